The van der Waals surface area contributed by atoms with Crippen LogP contribution in [0.5, 0.6) is 0 Å². The predicted molar refractivity (Wildman–Crippen MR) is 131 cm³/mol. The molecular formula is C24H29ClN6O. The summed E-state index contributed by atoms with van der Waals surface area (Å²) in [6, 6.07) is 12.5. The fourth-order valence-corrected chi connectivity index (χ4v) is 4.69. The average molecular weight is 453 g/mol. The molecule has 2 N–H and O–H groups in total. The van der Waals surface area contributed by atoms with E-state index in [1.807, 2.05) is 18.2 Å². The topological polar surface area (TPSA) is 73.1 Å². The van der Waals surface area contributed by atoms with E-state index < -0.39 is 0 Å². The van der Waals surface area contributed by atoms with Gasteiger partial charge in [0.1, 0.15) is 5.69 Å². The van der Waals surface area contributed by atoms with Gasteiger partial charge in [-0.25, -0.2) is 4.98 Å². The van der Waals surface area contributed by atoms with E-state index in [1.165, 1.54) is 5.69 Å². The standard InChI is InChI=1S/C24H29ClN6O/c1-4-30(5-2)12-18-13-31(15(3)14-32-18)17-7-9-20-22(11-17)27-24(26-20)23-19-8-6-16(25)10-21(19)28-29-23/h6-11,15,18H,4-5,12-14H2,1-3H3,(H,26,27)(H,28,29). The Morgan fingerprint density at radius 3 is 2.81 bits per heavy atom. The highest BCUT2D eigenvalue weighted by Crippen LogP contribution is 2.30. The van der Waals surface area contributed by atoms with Gasteiger partial charge >= 0.3 is 0 Å². The molecule has 0 aliphatic carbocycles. The number of rotatable bonds is 6. The van der Waals surface area contributed by atoms with Crippen molar-refractivity contribution in [2.24, 2.45) is 0 Å². The maximum Gasteiger partial charge on any atom is 0.159 e. The molecule has 5 rings (SSSR count). The van der Waals surface area contributed by atoms with Crippen LogP contribution < -0.4 is 4.90 Å². The number of fused-ring (bicyclic) bond motifs is 2. The summed E-state index contributed by atoms with van der Waals surface area (Å²) in [5, 5.41) is 9.20. The second-order valence-electron chi connectivity index (χ2n) is 8.49. The van der Waals surface area contributed by atoms with Crippen LogP contribution in [0.15, 0.2) is 36.4 Å². The zero-order chi connectivity index (χ0) is 22.2. The second-order valence-corrected chi connectivity index (χ2v) is 8.93. The van der Waals surface area contributed by atoms with Gasteiger partial charge in [-0.15, -0.1) is 0 Å². The minimum Gasteiger partial charge on any atom is -0.373 e. The quantitative estimate of drug-likeness (QED) is 0.443. The van der Waals surface area contributed by atoms with Crippen molar-refractivity contribution in [2.45, 2.75) is 32.9 Å². The lowest BCUT2D eigenvalue weighted by Gasteiger charge is -2.41. The molecule has 1 aliphatic heterocycles. The van der Waals surface area contributed by atoms with Crippen molar-refractivity contribution in [1.82, 2.24) is 25.1 Å². The monoisotopic (exact) mass is 452 g/mol. The first-order valence-electron chi connectivity index (χ1n) is 11.3. The van der Waals surface area contributed by atoms with Crippen molar-refractivity contribution < 1.29 is 4.74 Å². The number of anilines is 1. The Morgan fingerprint density at radius 2 is 2.00 bits per heavy atom. The Bertz CT molecular complexity index is 1230. The number of H-pyrrole nitrogens is 2. The van der Waals surface area contributed by atoms with Gasteiger partial charge in [0.25, 0.3) is 0 Å². The van der Waals surface area contributed by atoms with Gasteiger partial charge in [-0.05, 0) is 56.4 Å². The summed E-state index contributed by atoms with van der Waals surface area (Å²) < 4.78 is 6.14. The number of morpholine rings is 1. The molecule has 168 valence electrons. The van der Waals surface area contributed by atoms with Crippen molar-refractivity contribution >= 4 is 39.2 Å². The van der Waals surface area contributed by atoms with E-state index in [4.69, 9.17) is 21.3 Å². The summed E-state index contributed by atoms with van der Waals surface area (Å²) in [5.41, 5.74) is 4.81. The Balaban J connectivity index is 1.43. The summed E-state index contributed by atoms with van der Waals surface area (Å²) in [6.45, 7) is 11.3. The maximum absolute atomic E-state index is 6.14. The molecule has 32 heavy (non-hydrogen) atoms. The number of hydrogen-bond donors (Lipinski definition) is 2. The zero-order valence-electron chi connectivity index (χ0n) is 18.7. The minimum atomic E-state index is 0.210. The van der Waals surface area contributed by atoms with Crippen LogP contribution in [0.25, 0.3) is 33.5 Å². The molecule has 1 aliphatic rings. The largest absolute Gasteiger partial charge is 0.373 e. The van der Waals surface area contributed by atoms with Crippen molar-refractivity contribution in [3.63, 3.8) is 0 Å². The number of benzene rings is 2. The SMILES string of the molecule is CCN(CC)CC1CN(c2ccc3nc(-c4n[nH]c5cc(Cl)ccc45)[nH]c3c2)C(C)CO1. The maximum atomic E-state index is 6.14. The summed E-state index contributed by atoms with van der Waals surface area (Å²) in [4.78, 5) is 13.1. The third-order valence-corrected chi connectivity index (χ3v) is 6.64. The molecule has 0 bridgehead atoms. The van der Waals surface area contributed by atoms with Gasteiger partial charge in [0.2, 0.25) is 0 Å². The molecule has 3 heterocycles. The number of aromatic amines is 2. The number of ether oxygens (including phenoxy) is 1. The van der Waals surface area contributed by atoms with E-state index in [0.29, 0.717) is 11.1 Å². The van der Waals surface area contributed by atoms with Gasteiger partial charge < -0.3 is 19.5 Å². The molecule has 0 spiro atoms. The fraction of sp³-hybridized carbons (Fsp3) is 0.417. The molecule has 1 fully saturated rings. The molecular weight excluding hydrogens is 424 g/mol. The number of nitrogens with zero attached hydrogens (tertiary/aromatic N) is 4. The van der Waals surface area contributed by atoms with Crippen LogP contribution in [0.3, 0.4) is 0 Å². The summed E-state index contributed by atoms with van der Waals surface area (Å²) in [5.74, 6) is 0.750. The first kappa shape index (κ1) is 21.2. The molecule has 0 radical (unpaired) electrons. The summed E-state index contributed by atoms with van der Waals surface area (Å²) >= 11 is 6.11. The van der Waals surface area contributed by atoms with E-state index in [2.05, 4.69) is 64.0 Å². The van der Waals surface area contributed by atoms with Crippen LogP contribution in [0.2, 0.25) is 5.02 Å². The van der Waals surface area contributed by atoms with Crippen LogP contribution in [-0.4, -0.2) is 70.0 Å². The van der Waals surface area contributed by atoms with E-state index in [-0.39, 0.29) is 6.10 Å². The van der Waals surface area contributed by atoms with Gasteiger partial charge in [0, 0.05) is 35.2 Å². The Labute approximate surface area is 192 Å². The number of likely N-dealkylation sites (N-methyl/N-ethyl adjacent to an activating group) is 1. The van der Waals surface area contributed by atoms with Crippen molar-refractivity contribution in [3.8, 4) is 11.5 Å². The minimum absolute atomic E-state index is 0.210. The van der Waals surface area contributed by atoms with Crippen LogP contribution in [0.4, 0.5) is 5.69 Å². The highest BCUT2D eigenvalue weighted by atomic mass is 35.5. The molecule has 1 saturated heterocycles. The lowest BCUT2D eigenvalue weighted by Crippen LogP contribution is -2.52. The van der Waals surface area contributed by atoms with E-state index >= 15 is 0 Å². The zero-order valence-corrected chi connectivity index (χ0v) is 19.5. The van der Waals surface area contributed by atoms with Crippen LogP contribution in [0, 0.1) is 0 Å². The first-order valence-corrected chi connectivity index (χ1v) is 11.7. The third-order valence-electron chi connectivity index (χ3n) is 6.41. The molecule has 4 aromatic rings. The van der Waals surface area contributed by atoms with Crippen molar-refractivity contribution in [1.29, 1.82) is 0 Å². The lowest BCUT2D eigenvalue weighted by molar-refractivity contribution is 0.00265. The van der Waals surface area contributed by atoms with E-state index in [0.717, 1.165) is 66.2 Å². The van der Waals surface area contributed by atoms with E-state index in [1.54, 1.807) is 0 Å². The molecule has 0 saturated carbocycles. The van der Waals surface area contributed by atoms with Gasteiger partial charge in [-0.3, -0.25) is 5.10 Å². The molecule has 7 nitrogen and oxygen atoms in total. The summed E-state index contributed by atoms with van der Waals surface area (Å²) in [6.07, 6.45) is 0.210. The second kappa shape index (κ2) is 8.73. The summed E-state index contributed by atoms with van der Waals surface area (Å²) in [7, 11) is 0. The highest BCUT2D eigenvalue weighted by molar-refractivity contribution is 6.31. The highest BCUT2D eigenvalue weighted by Gasteiger charge is 2.27. The first-order chi connectivity index (χ1) is 15.6. The molecule has 2 unspecified atom stereocenters. The predicted octanol–water partition coefficient (Wildman–Crippen LogP) is 4.70. The van der Waals surface area contributed by atoms with Gasteiger partial charge in [0.05, 0.1) is 29.3 Å². The number of imidazole rings is 1. The number of nitrogens with one attached hydrogen (secondary N) is 2. The molecule has 0 amide bonds. The van der Waals surface area contributed by atoms with Crippen molar-refractivity contribution in [3.05, 3.63) is 41.4 Å². The average Bonchev–Trinajstić information content (AvgIpc) is 3.41. The van der Waals surface area contributed by atoms with Gasteiger partial charge in [0.15, 0.2) is 5.82 Å². The van der Waals surface area contributed by atoms with Crippen LogP contribution >= 0.6 is 11.6 Å². The van der Waals surface area contributed by atoms with Crippen LogP contribution in [0.1, 0.15) is 20.8 Å². The lowest BCUT2D eigenvalue weighted by atomic mass is 10.1. The van der Waals surface area contributed by atoms with Gasteiger partial charge in [-0.1, -0.05) is 25.4 Å². The van der Waals surface area contributed by atoms with Crippen molar-refractivity contribution in [2.75, 3.05) is 37.7 Å². The smallest absolute Gasteiger partial charge is 0.159 e. The molecule has 2 atom stereocenters. The number of halogens is 1. The molecule has 2 aromatic carbocycles. The Kier molecular flexibility index (Phi) is 5.80. The number of aromatic nitrogens is 4. The Morgan fingerprint density at radius 1 is 1.16 bits per heavy atom. The fourth-order valence-electron chi connectivity index (χ4n) is 4.52. The third kappa shape index (κ3) is 3.96. The number of hydrogen-bond acceptors (Lipinski definition) is 5. The van der Waals surface area contributed by atoms with Crippen LogP contribution in [-0.2, 0) is 4.74 Å². The molecule has 8 heteroatoms. The molecule has 2 aromatic heterocycles. The van der Waals surface area contributed by atoms with E-state index in [9.17, 15) is 0 Å². The van der Waals surface area contributed by atoms with Gasteiger partial charge in [-0.2, -0.15) is 5.10 Å². The normalized spacial score (nSPS) is 19.5. The Hall–Kier alpha value is -2.61.